The van der Waals surface area contributed by atoms with Gasteiger partial charge in [-0.15, -0.1) is 0 Å². The van der Waals surface area contributed by atoms with E-state index in [4.69, 9.17) is 4.84 Å². The third kappa shape index (κ3) is 3.64. The second-order valence-electron chi connectivity index (χ2n) is 6.32. The predicted octanol–water partition coefficient (Wildman–Crippen LogP) is 2.41. The first-order chi connectivity index (χ1) is 11.2. The molecule has 1 aromatic carbocycles. The highest BCUT2D eigenvalue weighted by Crippen LogP contribution is 2.34. The molecule has 0 unspecified atom stereocenters. The number of benzene rings is 1. The maximum Gasteiger partial charge on any atom is 0.319 e. The van der Waals surface area contributed by atoms with E-state index < -0.39 is 0 Å². The van der Waals surface area contributed by atoms with Crippen LogP contribution in [0.4, 0.5) is 10.5 Å². The standard InChI is InChI=1S/C17H24N4O2/c1-21-14-7-8-15(21)10-13(9-14)19-17(22)20-16-6-4-3-5-12(16)11-18-23-2/h3-6,11,13-15H,7-10H2,1-2H3,(H2,19,20,22)/b18-11+/t13-,14+,15-. The summed E-state index contributed by atoms with van der Waals surface area (Å²) in [5.41, 5.74) is 1.54. The Morgan fingerprint density at radius 3 is 2.70 bits per heavy atom. The molecule has 6 nitrogen and oxygen atoms in total. The minimum Gasteiger partial charge on any atom is -0.399 e. The second-order valence-corrected chi connectivity index (χ2v) is 6.32. The average Bonchev–Trinajstić information content (AvgIpc) is 2.75. The third-order valence-corrected chi connectivity index (χ3v) is 4.94. The van der Waals surface area contributed by atoms with Crippen LogP contribution in [0.3, 0.4) is 0 Å². The number of carbonyl (C=O) groups excluding carboxylic acids is 1. The molecule has 124 valence electrons. The Kier molecular flexibility index (Phi) is 4.81. The van der Waals surface area contributed by atoms with Crippen LogP contribution in [0, 0.1) is 0 Å². The number of rotatable bonds is 4. The van der Waals surface area contributed by atoms with Crippen molar-refractivity contribution in [3.8, 4) is 0 Å². The van der Waals surface area contributed by atoms with Crippen molar-refractivity contribution in [1.29, 1.82) is 0 Å². The molecule has 0 radical (unpaired) electrons. The number of carbonyl (C=O) groups is 1. The molecule has 2 fully saturated rings. The monoisotopic (exact) mass is 316 g/mol. The number of amides is 2. The summed E-state index contributed by atoms with van der Waals surface area (Å²) in [5.74, 6) is 0. The van der Waals surface area contributed by atoms with Gasteiger partial charge in [0.05, 0.1) is 11.9 Å². The van der Waals surface area contributed by atoms with Crippen LogP contribution in [0.15, 0.2) is 29.4 Å². The topological polar surface area (TPSA) is 66.0 Å². The minimum atomic E-state index is -0.155. The van der Waals surface area contributed by atoms with E-state index in [1.54, 1.807) is 6.21 Å². The number of hydrogen-bond acceptors (Lipinski definition) is 4. The number of anilines is 1. The number of nitrogens with one attached hydrogen (secondary N) is 2. The van der Waals surface area contributed by atoms with Gasteiger partial charge in [-0.2, -0.15) is 0 Å². The zero-order valence-corrected chi connectivity index (χ0v) is 13.7. The highest BCUT2D eigenvalue weighted by molar-refractivity contribution is 5.96. The van der Waals surface area contributed by atoms with Crippen LogP contribution < -0.4 is 10.6 Å². The molecule has 2 amide bonds. The average molecular weight is 316 g/mol. The lowest BCUT2D eigenvalue weighted by Gasteiger charge is -2.36. The van der Waals surface area contributed by atoms with Gasteiger partial charge in [0, 0.05) is 23.7 Å². The number of fused-ring (bicyclic) bond motifs is 2. The summed E-state index contributed by atoms with van der Waals surface area (Å²) < 4.78 is 0. The molecule has 3 atom stereocenters. The van der Waals surface area contributed by atoms with Gasteiger partial charge in [0.15, 0.2) is 0 Å². The molecule has 1 aromatic rings. The van der Waals surface area contributed by atoms with Crippen LogP contribution >= 0.6 is 0 Å². The number of urea groups is 1. The largest absolute Gasteiger partial charge is 0.399 e. The molecule has 0 spiro atoms. The molecule has 2 saturated heterocycles. The Morgan fingerprint density at radius 1 is 1.30 bits per heavy atom. The van der Waals surface area contributed by atoms with Crippen LogP contribution in [0.5, 0.6) is 0 Å². The van der Waals surface area contributed by atoms with Gasteiger partial charge in [-0.05, 0) is 38.8 Å². The van der Waals surface area contributed by atoms with Gasteiger partial charge < -0.3 is 20.4 Å². The number of piperidine rings is 1. The Hall–Kier alpha value is -2.08. The molecule has 0 aromatic heterocycles. The number of nitrogens with zero attached hydrogens (tertiary/aromatic N) is 2. The Morgan fingerprint density at radius 2 is 2.00 bits per heavy atom. The quantitative estimate of drug-likeness (QED) is 0.662. The van der Waals surface area contributed by atoms with E-state index in [0.717, 1.165) is 24.1 Å². The van der Waals surface area contributed by atoms with Crippen molar-refractivity contribution in [2.45, 2.75) is 43.8 Å². The fourth-order valence-electron chi connectivity index (χ4n) is 3.71. The lowest BCUT2D eigenvalue weighted by atomic mass is 9.98. The van der Waals surface area contributed by atoms with Crippen molar-refractivity contribution in [2.75, 3.05) is 19.5 Å². The Bertz CT molecular complexity index is 576. The highest BCUT2D eigenvalue weighted by Gasteiger charge is 2.38. The van der Waals surface area contributed by atoms with Gasteiger partial charge >= 0.3 is 6.03 Å². The van der Waals surface area contributed by atoms with Crippen molar-refractivity contribution in [3.63, 3.8) is 0 Å². The highest BCUT2D eigenvalue weighted by atomic mass is 16.6. The fourth-order valence-corrected chi connectivity index (χ4v) is 3.71. The molecule has 2 aliphatic rings. The van der Waals surface area contributed by atoms with Crippen LogP contribution in [-0.2, 0) is 4.84 Å². The van der Waals surface area contributed by atoms with Crippen LogP contribution in [0.1, 0.15) is 31.2 Å². The molecule has 2 heterocycles. The van der Waals surface area contributed by atoms with Gasteiger partial charge in [-0.3, -0.25) is 0 Å². The van der Waals surface area contributed by atoms with Gasteiger partial charge in [-0.25, -0.2) is 4.79 Å². The predicted molar refractivity (Wildman–Crippen MR) is 90.8 cm³/mol. The molecule has 23 heavy (non-hydrogen) atoms. The molecule has 2 bridgehead atoms. The van der Waals surface area contributed by atoms with E-state index in [2.05, 4.69) is 27.7 Å². The molecule has 6 heteroatoms. The maximum absolute atomic E-state index is 12.3. The lowest BCUT2D eigenvalue weighted by molar-refractivity contribution is 0.151. The number of para-hydroxylation sites is 1. The first-order valence-electron chi connectivity index (χ1n) is 8.12. The van der Waals surface area contributed by atoms with Crippen LogP contribution in [0.2, 0.25) is 0 Å². The zero-order valence-electron chi connectivity index (χ0n) is 13.7. The van der Waals surface area contributed by atoms with E-state index >= 15 is 0 Å². The van der Waals surface area contributed by atoms with E-state index in [1.807, 2.05) is 24.3 Å². The molecule has 3 rings (SSSR count). The first kappa shape index (κ1) is 15.8. The summed E-state index contributed by atoms with van der Waals surface area (Å²) in [4.78, 5) is 19.5. The summed E-state index contributed by atoms with van der Waals surface area (Å²) in [6.07, 6.45) is 6.15. The summed E-state index contributed by atoms with van der Waals surface area (Å²) in [6.45, 7) is 0. The maximum atomic E-state index is 12.3. The molecular formula is C17H24N4O2. The van der Waals surface area contributed by atoms with Gasteiger partial charge in [0.2, 0.25) is 0 Å². The normalized spacial score (nSPS) is 27.1. The molecule has 2 N–H and O–H groups in total. The third-order valence-electron chi connectivity index (χ3n) is 4.94. The van der Waals surface area contributed by atoms with Crippen molar-refractivity contribution in [1.82, 2.24) is 10.2 Å². The van der Waals surface area contributed by atoms with E-state index in [9.17, 15) is 4.79 Å². The smallest absolute Gasteiger partial charge is 0.319 e. The van der Waals surface area contributed by atoms with E-state index in [1.165, 1.54) is 20.0 Å². The van der Waals surface area contributed by atoms with Gasteiger partial charge in [-0.1, -0.05) is 23.4 Å². The van der Waals surface area contributed by atoms with Crippen molar-refractivity contribution >= 4 is 17.9 Å². The van der Waals surface area contributed by atoms with Crippen LogP contribution in [0.25, 0.3) is 0 Å². The Labute approximate surface area is 136 Å². The summed E-state index contributed by atoms with van der Waals surface area (Å²) in [6, 6.07) is 8.84. The van der Waals surface area contributed by atoms with Crippen molar-refractivity contribution < 1.29 is 9.63 Å². The fraction of sp³-hybridized carbons (Fsp3) is 0.529. The minimum absolute atomic E-state index is 0.155. The summed E-state index contributed by atoms with van der Waals surface area (Å²) >= 11 is 0. The van der Waals surface area contributed by atoms with Crippen LogP contribution in [-0.4, -0.2) is 49.4 Å². The SMILES string of the molecule is CO/N=C/c1ccccc1NC(=O)N[C@H]1C[C@H]2CC[C@@H](C1)N2C. The molecule has 0 aliphatic carbocycles. The number of oxime groups is 1. The van der Waals surface area contributed by atoms with E-state index in [0.29, 0.717) is 12.1 Å². The number of hydrogen-bond donors (Lipinski definition) is 2. The Balaban J connectivity index is 1.59. The lowest BCUT2D eigenvalue weighted by Crippen LogP contribution is -2.49. The second kappa shape index (κ2) is 7.00. The first-order valence-corrected chi connectivity index (χ1v) is 8.12. The van der Waals surface area contributed by atoms with Crippen molar-refractivity contribution in [2.24, 2.45) is 5.16 Å². The van der Waals surface area contributed by atoms with Gasteiger partial charge in [0.25, 0.3) is 0 Å². The zero-order chi connectivity index (χ0) is 16.2. The molecular weight excluding hydrogens is 292 g/mol. The van der Waals surface area contributed by atoms with E-state index in [-0.39, 0.29) is 12.1 Å². The molecule has 0 saturated carbocycles. The summed E-state index contributed by atoms with van der Waals surface area (Å²) in [5, 5.41) is 9.80. The molecule has 2 aliphatic heterocycles. The van der Waals surface area contributed by atoms with Crippen molar-refractivity contribution in [3.05, 3.63) is 29.8 Å². The van der Waals surface area contributed by atoms with Gasteiger partial charge in [0.1, 0.15) is 7.11 Å². The summed E-state index contributed by atoms with van der Waals surface area (Å²) in [7, 11) is 3.69.